The third-order valence-corrected chi connectivity index (χ3v) is 6.29. The third-order valence-electron chi connectivity index (χ3n) is 6.29. The predicted octanol–water partition coefficient (Wildman–Crippen LogP) is 5.15. The average molecular weight is 507 g/mol. The van der Waals surface area contributed by atoms with Gasteiger partial charge in [0.05, 0.1) is 28.8 Å². The average Bonchev–Trinajstić information content (AvgIpc) is 3.50. The fourth-order valence-corrected chi connectivity index (χ4v) is 4.15. The van der Waals surface area contributed by atoms with Gasteiger partial charge in [-0.3, -0.25) is 15.0 Å². The largest absolute Gasteiger partial charge is 0.416 e. The number of benzene rings is 2. The van der Waals surface area contributed by atoms with Crippen molar-refractivity contribution in [1.29, 1.82) is 10.5 Å². The molecule has 1 aliphatic carbocycles. The minimum atomic E-state index is -4.61. The smallest absolute Gasteiger partial charge is 0.290 e. The van der Waals surface area contributed by atoms with Crippen molar-refractivity contribution in [2.45, 2.75) is 37.7 Å². The van der Waals surface area contributed by atoms with Gasteiger partial charge in [0.15, 0.2) is 5.67 Å². The molecule has 37 heavy (non-hydrogen) atoms. The van der Waals surface area contributed by atoms with Gasteiger partial charge in [0, 0.05) is 11.4 Å². The molecule has 2 aromatic carbocycles. The summed E-state index contributed by atoms with van der Waals surface area (Å²) >= 11 is 0. The molecule has 1 N–H and O–H groups in total. The van der Waals surface area contributed by atoms with E-state index in [0.717, 1.165) is 12.1 Å². The first-order valence-electron chi connectivity index (χ1n) is 11.1. The van der Waals surface area contributed by atoms with Crippen LogP contribution in [0.1, 0.15) is 42.5 Å². The van der Waals surface area contributed by atoms with Gasteiger partial charge in [-0.15, -0.1) is 5.10 Å². The fraction of sp³-hybridized carbons (Fsp3) is 0.240. The lowest BCUT2D eigenvalue weighted by Gasteiger charge is -2.34. The van der Waals surface area contributed by atoms with Gasteiger partial charge in [-0.2, -0.15) is 28.7 Å². The van der Waals surface area contributed by atoms with Crippen molar-refractivity contribution in [1.82, 2.24) is 14.8 Å². The minimum Gasteiger partial charge on any atom is -0.290 e. The molecule has 3 aromatic rings. The van der Waals surface area contributed by atoms with Crippen molar-refractivity contribution in [2.75, 3.05) is 10.2 Å². The topological polar surface area (TPSA) is 111 Å². The number of anilines is 3. The second-order valence-electron chi connectivity index (χ2n) is 8.73. The highest BCUT2D eigenvalue weighted by Gasteiger charge is 2.51. The van der Waals surface area contributed by atoms with Crippen LogP contribution in [0.25, 0.3) is 0 Å². The number of hydrogen-bond donors (Lipinski definition) is 1. The van der Waals surface area contributed by atoms with E-state index in [9.17, 15) is 27.6 Å². The van der Waals surface area contributed by atoms with Gasteiger partial charge in [-0.1, -0.05) is 18.2 Å². The maximum atomic E-state index is 14.3. The van der Waals surface area contributed by atoms with Crippen molar-refractivity contribution in [3.8, 4) is 12.1 Å². The molecule has 1 aliphatic heterocycles. The Morgan fingerprint density at radius 2 is 1.84 bits per heavy atom. The van der Waals surface area contributed by atoms with Gasteiger partial charge in [-0.05, 0) is 55.7 Å². The van der Waals surface area contributed by atoms with E-state index < -0.39 is 29.4 Å². The van der Waals surface area contributed by atoms with Crippen molar-refractivity contribution in [2.24, 2.45) is 0 Å². The van der Waals surface area contributed by atoms with Crippen molar-refractivity contribution in [3.63, 3.8) is 0 Å². The van der Waals surface area contributed by atoms with E-state index in [-0.39, 0.29) is 41.7 Å². The number of nitrogens with zero attached hydrogens (tertiary/aromatic N) is 6. The Balaban J connectivity index is 1.68. The molecule has 1 atom stereocenters. The Bertz CT molecular complexity index is 1520. The Kier molecular flexibility index (Phi) is 5.48. The molecular formula is C25H17F4N7O. The molecule has 0 radical (unpaired) electrons. The summed E-state index contributed by atoms with van der Waals surface area (Å²) in [5, 5.41) is 25.9. The Morgan fingerprint density at radius 1 is 1.14 bits per heavy atom. The summed E-state index contributed by atoms with van der Waals surface area (Å²) in [4.78, 5) is 18.0. The second kappa shape index (κ2) is 8.45. The fourth-order valence-electron chi connectivity index (χ4n) is 4.15. The van der Waals surface area contributed by atoms with Crippen LogP contribution in [0.15, 0.2) is 59.8 Å². The summed E-state index contributed by atoms with van der Waals surface area (Å²) in [5.74, 6) is -1.16. The lowest BCUT2D eigenvalue weighted by atomic mass is 9.95. The quantitative estimate of drug-likeness (QED) is 0.489. The predicted molar refractivity (Wildman–Crippen MR) is 123 cm³/mol. The van der Waals surface area contributed by atoms with E-state index in [1.807, 2.05) is 6.07 Å². The van der Waals surface area contributed by atoms with E-state index in [0.29, 0.717) is 11.1 Å². The van der Waals surface area contributed by atoms with Gasteiger partial charge < -0.3 is 0 Å². The number of halogens is 4. The first-order valence-corrected chi connectivity index (χ1v) is 11.1. The number of carbonyl (C=O) groups is 1. The second-order valence-corrected chi connectivity index (χ2v) is 8.73. The normalized spacial score (nSPS) is 18.0. The van der Waals surface area contributed by atoms with E-state index in [1.54, 1.807) is 31.2 Å². The molecule has 1 saturated carbocycles. The molecule has 0 spiro atoms. The number of fused-ring (bicyclic) bond motifs is 1. The number of rotatable bonds is 4. The first-order chi connectivity index (χ1) is 17.6. The molecular weight excluding hydrogens is 490 g/mol. The van der Waals surface area contributed by atoms with Crippen molar-refractivity contribution in [3.05, 3.63) is 76.5 Å². The molecule has 2 aliphatic rings. The number of nitrogens with one attached hydrogen (secondary N) is 1. The number of nitriles is 2. The molecule has 1 fully saturated rings. The molecule has 186 valence electrons. The highest BCUT2D eigenvalue weighted by Crippen LogP contribution is 2.44. The van der Waals surface area contributed by atoms with Crippen molar-refractivity contribution < 1.29 is 22.4 Å². The molecule has 2 heterocycles. The van der Waals surface area contributed by atoms with Gasteiger partial charge in [0.25, 0.3) is 11.9 Å². The molecule has 0 unspecified atom stereocenters. The number of allylic oxidation sites excluding steroid dienone is 2. The molecule has 0 bridgehead atoms. The highest BCUT2D eigenvalue weighted by molar-refractivity contribution is 5.98. The number of hydrogen-bond acceptors (Lipinski definition) is 6. The van der Waals surface area contributed by atoms with Crippen molar-refractivity contribution >= 4 is 23.5 Å². The minimum absolute atomic E-state index is 0.0178. The zero-order valence-electron chi connectivity index (χ0n) is 19.2. The Hall–Kier alpha value is -4.71. The SMILES string of the molecule is CC1=C(C#N)[C@@H](c2ccc(C#N)cc2)n2nc(NC(=O)C3(F)CC3)nc2N1c1cccc(C(F)(F)F)c1. The summed E-state index contributed by atoms with van der Waals surface area (Å²) < 4.78 is 56.0. The van der Waals surface area contributed by atoms with Crippen LogP contribution >= 0.6 is 0 Å². The van der Waals surface area contributed by atoms with Gasteiger partial charge in [0.2, 0.25) is 5.95 Å². The third kappa shape index (κ3) is 4.16. The van der Waals surface area contributed by atoms with Gasteiger partial charge in [-0.25, -0.2) is 9.07 Å². The van der Waals surface area contributed by atoms with E-state index in [2.05, 4.69) is 21.5 Å². The maximum Gasteiger partial charge on any atom is 0.416 e. The van der Waals surface area contributed by atoms with E-state index in [4.69, 9.17) is 5.26 Å². The Labute approximate surface area is 208 Å². The molecule has 12 heteroatoms. The zero-order chi connectivity index (χ0) is 26.5. The molecule has 0 saturated heterocycles. The molecule has 5 rings (SSSR count). The molecule has 1 aromatic heterocycles. The van der Waals surface area contributed by atoms with Gasteiger partial charge in [0.1, 0.15) is 6.04 Å². The first kappa shape index (κ1) is 24.0. The summed E-state index contributed by atoms with van der Waals surface area (Å²) in [5.41, 5.74) is -1.47. The number of amides is 1. The summed E-state index contributed by atoms with van der Waals surface area (Å²) in [6, 6.07) is 14.1. The molecule has 8 nitrogen and oxygen atoms in total. The van der Waals surface area contributed by atoms with Crippen LogP contribution in [0.2, 0.25) is 0 Å². The lowest BCUT2D eigenvalue weighted by molar-refractivity contribution is -0.137. The zero-order valence-corrected chi connectivity index (χ0v) is 19.2. The summed E-state index contributed by atoms with van der Waals surface area (Å²) in [6.07, 6.45) is -4.48. The molecule has 1 amide bonds. The van der Waals surface area contributed by atoms with E-state index in [1.165, 1.54) is 21.7 Å². The standard InChI is InChI=1S/C25H17F4N7O/c1-14-19(13-31)20(16-7-5-15(12-30)6-8-16)36-23(33-22(34-36)32-21(37)24(26)9-10-24)35(14)18-4-2-3-17(11-18)25(27,28)29/h2-8,11,20H,9-10H2,1H3,(H,32,34,37)/t20-/m1/s1. The maximum absolute atomic E-state index is 14.3. The summed E-state index contributed by atoms with van der Waals surface area (Å²) in [7, 11) is 0. The number of carbonyl (C=O) groups excluding carboxylic acids is 1. The Morgan fingerprint density at radius 3 is 2.43 bits per heavy atom. The lowest BCUT2D eigenvalue weighted by Crippen LogP contribution is -2.31. The van der Waals surface area contributed by atoms with Gasteiger partial charge >= 0.3 is 6.18 Å². The number of alkyl halides is 4. The van der Waals surface area contributed by atoms with Crippen LogP contribution in [0, 0.1) is 22.7 Å². The van der Waals surface area contributed by atoms with Crippen LogP contribution in [-0.4, -0.2) is 26.3 Å². The van der Waals surface area contributed by atoms with Crippen LogP contribution in [0.4, 0.5) is 35.1 Å². The highest BCUT2D eigenvalue weighted by atomic mass is 19.4. The van der Waals surface area contributed by atoms with Crippen LogP contribution in [0.5, 0.6) is 0 Å². The van der Waals surface area contributed by atoms with E-state index >= 15 is 0 Å². The monoisotopic (exact) mass is 507 g/mol. The summed E-state index contributed by atoms with van der Waals surface area (Å²) in [6.45, 7) is 1.56. The van der Waals surface area contributed by atoms with Crippen LogP contribution in [0.3, 0.4) is 0 Å². The van der Waals surface area contributed by atoms with Crippen LogP contribution in [-0.2, 0) is 11.0 Å². The van der Waals surface area contributed by atoms with Crippen LogP contribution < -0.4 is 10.2 Å². The number of aromatic nitrogens is 3.